The van der Waals surface area contributed by atoms with Gasteiger partial charge in [-0.1, -0.05) is 6.92 Å². The third-order valence-corrected chi connectivity index (χ3v) is 3.20. The van der Waals surface area contributed by atoms with E-state index in [1.807, 2.05) is 11.6 Å². The molecule has 0 aliphatic rings. The highest BCUT2D eigenvalue weighted by molar-refractivity contribution is 7.09. The summed E-state index contributed by atoms with van der Waals surface area (Å²) in [4.78, 5) is 4.21. The highest BCUT2D eigenvalue weighted by atomic mass is 35.5. The van der Waals surface area contributed by atoms with Crippen LogP contribution in [0, 0.1) is 0 Å². The number of thiazole rings is 1. The number of aryl methyl sites for hydroxylation is 1. The van der Waals surface area contributed by atoms with E-state index >= 15 is 0 Å². The van der Waals surface area contributed by atoms with E-state index in [-0.39, 0.29) is 0 Å². The molecule has 0 amide bonds. The predicted molar refractivity (Wildman–Crippen MR) is 55.0 cm³/mol. The zero-order valence-electron chi connectivity index (χ0n) is 7.29. The van der Waals surface area contributed by atoms with Gasteiger partial charge in [-0.15, -0.1) is 22.9 Å². The molecule has 0 saturated carbocycles. The molecule has 0 spiro atoms. The Morgan fingerprint density at radius 1 is 1.67 bits per heavy atom. The van der Waals surface area contributed by atoms with Crippen LogP contribution < -0.4 is 0 Å². The molecule has 0 fully saturated rings. The van der Waals surface area contributed by atoms with Gasteiger partial charge in [-0.3, -0.25) is 0 Å². The van der Waals surface area contributed by atoms with Crippen LogP contribution in [-0.2, 0) is 6.42 Å². The molecular weight excluding hydrogens is 190 g/mol. The van der Waals surface area contributed by atoms with Crippen molar-refractivity contribution in [2.45, 2.75) is 38.0 Å². The SMILES string of the molecule is CCC(Cl)CCCc1nccs1. The summed E-state index contributed by atoms with van der Waals surface area (Å²) in [6.45, 7) is 2.13. The summed E-state index contributed by atoms with van der Waals surface area (Å²) < 4.78 is 0. The highest BCUT2D eigenvalue weighted by Gasteiger charge is 2.01. The minimum absolute atomic E-state index is 0.352. The Labute approximate surface area is 82.8 Å². The second kappa shape index (κ2) is 5.55. The fourth-order valence-corrected chi connectivity index (χ4v) is 1.87. The van der Waals surface area contributed by atoms with E-state index in [1.54, 1.807) is 11.3 Å². The summed E-state index contributed by atoms with van der Waals surface area (Å²) in [7, 11) is 0. The monoisotopic (exact) mass is 203 g/mol. The van der Waals surface area contributed by atoms with Crippen molar-refractivity contribution in [3.05, 3.63) is 16.6 Å². The van der Waals surface area contributed by atoms with E-state index in [0.717, 1.165) is 25.7 Å². The van der Waals surface area contributed by atoms with Crippen LogP contribution in [0.2, 0.25) is 0 Å². The molecule has 0 radical (unpaired) electrons. The summed E-state index contributed by atoms with van der Waals surface area (Å²) in [5, 5.41) is 3.60. The number of halogens is 1. The van der Waals surface area contributed by atoms with Gasteiger partial charge in [0.1, 0.15) is 0 Å². The number of hydrogen-bond donors (Lipinski definition) is 0. The maximum absolute atomic E-state index is 5.99. The first-order valence-corrected chi connectivity index (χ1v) is 5.67. The molecule has 1 rings (SSSR count). The molecular formula is C9H14ClNS. The molecule has 1 heterocycles. The molecule has 0 aliphatic heterocycles. The molecule has 0 saturated heterocycles. The first-order valence-electron chi connectivity index (χ1n) is 4.35. The van der Waals surface area contributed by atoms with Crippen LogP contribution in [0.1, 0.15) is 31.2 Å². The normalized spacial score (nSPS) is 13.2. The molecule has 0 aromatic carbocycles. The second-order valence-corrected chi connectivity index (χ2v) is 4.42. The lowest BCUT2D eigenvalue weighted by molar-refractivity contribution is 0.673. The first kappa shape index (κ1) is 10.0. The van der Waals surface area contributed by atoms with Crippen LogP contribution in [0.25, 0.3) is 0 Å². The standard InChI is InChI=1S/C9H14ClNS/c1-2-8(10)4-3-5-9-11-6-7-12-9/h6-8H,2-5H2,1H3. The van der Waals surface area contributed by atoms with Gasteiger partial charge in [0.25, 0.3) is 0 Å². The minimum atomic E-state index is 0.352. The van der Waals surface area contributed by atoms with Gasteiger partial charge >= 0.3 is 0 Å². The lowest BCUT2D eigenvalue weighted by Gasteiger charge is -2.03. The van der Waals surface area contributed by atoms with Gasteiger partial charge in [0.2, 0.25) is 0 Å². The van der Waals surface area contributed by atoms with E-state index < -0.39 is 0 Å². The Morgan fingerprint density at radius 3 is 3.08 bits per heavy atom. The third-order valence-electron chi connectivity index (χ3n) is 1.83. The van der Waals surface area contributed by atoms with Crippen molar-refractivity contribution in [3.8, 4) is 0 Å². The second-order valence-electron chi connectivity index (χ2n) is 2.82. The molecule has 3 heteroatoms. The number of hydrogen-bond acceptors (Lipinski definition) is 2. The largest absolute Gasteiger partial charge is 0.250 e. The Morgan fingerprint density at radius 2 is 2.50 bits per heavy atom. The van der Waals surface area contributed by atoms with Gasteiger partial charge in [-0.25, -0.2) is 4.98 Å². The third kappa shape index (κ3) is 3.55. The van der Waals surface area contributed by atoms with Crippen molar-refractivity contribution in [2.24, 2.45) is 0 Å². The minimum Gasteiger partial charge on any atom is -0.250 e. The molecule has 0 bridgehead atoms. The fraction of sp³-hybridized carbons (Fsp3) is 0.667. The molecule has 0 N–H and O–H groups in total. The summed E-state index contributed by atoms with van der Waals surface area (Å²) >= 11 is 7.72. The van der Waals surface area contributed by atoms with Crippen molar-refractivity contribution >= 4 is 22.9 Å². The predicted octanol–water partition coefficient (Wildman–Crippen LogP) is 3.48. The molecule has 68 valence electrons. The van der Waals surface area contributed by atoms with Gasteiger partial charge < -0.3 is 0 Å². The topological polar surface area (TPSA) is 12.9 Å². The summed E-state index contributed by atoms with van der Waals surface area (Å²) in [6, 6.07) is 0. The van der Waals surface area contributed by atoms with Gasteiger partial charge in [0.05, 0.1) is 5.01 Å². The zero-order chi connectivity index (χ0) is 8.81. The quantitative estimate of drug-likeness (QED) is 0.668. The Balaban J connectivity index is 2.11. The van der Waals surface area contributed by atoms with Crippen molar-refractivity contribution in [2.75, 3.05) is 0 Å². The average Bonchev–Trinajstić information content (AvgIpc) is 2.57. The molecule has 12 heavy (non-hydrogen) atoms. The highest BCUT2D eigenvalue weighted by Crippen LogP contribution is 2.13. The fourth-order valence-electron chi connectivity index (χ4n) is 1.06. The first-order chi connectivity index (χ1) is 5.83. The van der Waals surface area contributed by atoms with E-state index in [4.69, 9.17) is 11.6 Å². The van der Waals surface area contributed by atoms with Crippen LogP contribution in [0.4, 0.5) is 0 Å². The Hall–Kier alpha value is -0.0800. The molecule has 1 atom stereocenters. The van der Waals surface area contributed by atoms with Crippen LogP contribution in [0.3, 0.4) is 0 Å². The lowest BCUT2D eigenvalue weighted by atomic mass is 10.1. The van der Waals surface area contributed by atoms with E-state index in [2.05, 4.69) is 11.9 Å². The van der Waals surface area contributed by atoms with Crippen molar-refractivity contribution in [1.29, 1.82) is 0 Å². The lowest BCUT2D eigenvalue weighted by Crippen LogP contribution is -1.96. The van der Waals surface area contributed by atoms with Crippen LogP contribution in [0.15, 0.2) is 11.6 Å². The van der Waals surface area contributed by atoms with Gasteiger partial charge in [-0.2, -0.15) is 0 Å². The number of alkyl halides is 1. The van der Waals surface area contributed by atoms with Crippen LogP contribution >= 0.6 is 22.9 Å². The van der Waals surface area contributed by atoms with Crippen LogP contribution in [0.5, 0.6) is 0 Å². The number of rotatable bonds is 5. The number of aromatic nitrogens is 1. The molecule has 1 nitrogen and oxygen atoms in total. The number of nitrogens with zero attached hydrogens (tertiary/aromatic N) is 1. The molecule has 1 aromatic rings. The Kier molecular flexibility index (Phi) is 4.62. The average molecular weight is 204 g/mol. The van der Waals surface area contributed by atoms with Gasteiger partial charge in [-0.05, 0) is 25.7 Å². The van der Waals surface area contributed by atoms with Gasteiger partial charge in [0.15, 0.2) is 0 Å². The smallest absolute Gasteiger partial charge is 0.0924 e. The molecule has 1 unspecified atom stereocenters. The molecule has 0 aliphatic carbocycles. The summed E-state index contributed by atoms with van der Waals surface area (Å²) in [5.74, 6) is 0. The van der Waals surface area contributed by atoms with E-state index in [1.165, 1.54) is 5.01 Å². The zero-order valence-corrected chi connectivity index (χ0v) is 8.87. The maximum Gasteiger partial charge on any atom is 0.0924 e. The Bertz CT molecular complexity index is 198. The van der Waals surface area contributed by atoms with Gasteiger partial charge in [0, 0.05) is 17.0 Å². The van der Waals surface area contributed by atoms with Crippen molar-refractivity contribution in [1.82, 2.24) is 4.98 Å². The van der Waals surface area contributed by atoms with E-state index in [0.29, 0.717) is 5.38 Å². The summed E-state index contributed by atoms with van der Waals surface area (Å²) in [6.07, 6.45) is 6.28. The van der Waals surface area contributed by atoms with Crippen LogP contribution in [-0.4, -0.2) is 10.4 Å². The van der Waals surface area contributed by atoms with E-state index in [9.17, 15) is 0 Å². The summed E-state index contributed by atoms with van der Waals surface area (Å²) in [5.41, 5.74) is 0. The maximum atomic E-state index is 5.99. The van der Waals surface area contributed by atoms with Crippen molar-refractivity contribution in [3.63, 3.8) is 0 Å². The van der Waals surface area contributed by atoms with Crippen molar-refractivity contribution < 1.29 is 0 Å². The molecule has 1 aromatic heterocycles.